The molecule has 0 unspecified atom stereocenters. The Balaban J connectivity index is 1.76. The highest BCUT2D eigenvalue weighted by Crippen LogP contribution is 2.42. The van der Waals surface area contributed by atoms with Gasteiger partial charge in [0.1, 0.15) is 0 Å². The molecule has 0 bridgehead atoms. The molecule has 2 aromatic carbocycles. The normalized spacial score (nSPS) is 13.0. The van der Waals surface area contributed by atoms with Crippen LogP contribution in [0.3, 0.4) is 0 Å². The van der Waals surface area contributed by atoms with Crippen LogP contribution in [0.4, 0.5) is 18.3 Å². The van der Waals surface area contributed by atoms with Gasteiger partial charge in [-0.1, -0.05) is 30.3 Å². The molecule has 0 amide bonds. The molecular weight excluding hydrogens is 321 g/mol. The van der Waals surface area contributed by atoms with E-state index in [9.17, 15) is 13.2 Å². The van der Waals surface area contributed by atoms with E-state index in [1.54, 1.807) is 6.07 Å². The highest BCUT2D eigenvalue weighted by atomic mass is 32.1. The minimum absolute atomic E-state index is 0.544. The van der Waals surface area contributed by atoms with Crippen LogP contribution in [0.1, 0.15) is 16.0 Å². The van der Waals surface area contributed by atoms with Crippen LogP contribution in [0.5, 0.6) is 0 Å². The molecule has 0 atom stereocenters. The molecule has 1 aromatic heterocycles. The molecule has 4 rings (SSSR count). The summed E-state index contributed by atoms with van der Waals surface area (Å²) in [5, 5.41) is 0.544. The largest absolute Gasteiger partial charge is 0.416 e. The molecule has 0 saturated carbocycles. The molecule has 0 spiro atoms. The molecule has 1 aliphatic rings. The lowest BCUT2D eigenvalue weighted by atomic mass is 9.98. The first-order valence-corrected chi connectivity index (χ1v) is 7.79. The van der Waals surface area contributed by atoms with Gasteiger partial charge in [0.05, 0.1) is 11.3 Å². The van der Waals surface area contributed by atoms with Crippen LogP contribution in [-0.2, 0) is 12.6 Å². The third kappa shape index (κ3) is 2.39. The second-order valence-electron chi connectivity index (χ2n) is 5.45. The number of nitrogens with zero attached hydrogens (tertiary/aromatic N) is 1. The molecule has 2 N–H and O–H groups in total. The number of hydrogen-bond acceptors (Lipinski definition) is 3. The predicted octanol–water partition coefficient (Wildman–Crippen LogP) is 4.98. The molecular formula is C17H11F3N2S. The number of rotatable bonds is 1. The quantitative estimate of drug-likeness (QED) is 0.534. The third-order valence-electron chi connectivity index (χ3n) is 3.95. The minimum atomic E-state index is -4.33. The number of alkyl halides is 3. The van der Waals surface area contributed by atoms with Crippen LogP contribution >= 0.6 is 11.3 Å². The maximum Gasteiger partial charge on any atom is 0.416 e. The number of hydrogen-bond donors (Lipinski definition) is 1. The van der Waals surface area contributed by atoms with Crippen molar-refractivity contribution in [3.63, 3.8) is 0 Å². The Morgan fingerprint density at radius 3 is 2.61 bits per heavy atom. The summed E-state index contributed by atoms with van der Waals surface area (Å²) in [6.45, 7) is 0. The van der Waals surface area contributed by atoms with Gasteiger partial charge in [-0.2, -0.15) is 13.2 Å². The van der Waals surface area contributed by atoms with Crippen LogP contribution in [-0.4, -0.2) is 4.98 Å². The van der Waals surface area contributed by atoms with Crippen molar-refractivity contribution in [2.75, 3.05) is 5.73 Å². The monoisotopic (exact) mass is 332 g/mol. The summed E-state index contributed by atoms with van der Waals surface area (Å²) in [7, 11) is 0. The first kappa shape index (κ1) is 14.3. The van der Waals surface area contributed by atoms with E-state index >= 15 is 0 Å². The fourth-order valence-electron chi connectivity index (χ4n) is 2.90. The molecule has 2 nitrogen and oxygen atoms in total. The van der Waals surface area contributed by atoms with Gasteiger partial charge in [0.15, 0.2) is 5.13 Å². The third-order valence-corrected chi connectivity index (χ3v) is 4.83. The lowest BCUT2D eigenvalue weighted by molar-refractivity contribution is -0.137. The Morgan fingerprint density at radius 2 is 1.83 bits per heavy atom. The number of benzene rings is 2. The van der Waals surface area contributed by atoms with Crippen molar-refractivity contribution in [3.05, 3.63) is 58.5 Å². The molecule has 0 radical (unpaired) electrons. The SMILES string of the molecule is Nc1nc2c(s1)Cc1cc(-c3cccc(C(F)(F)F)c3)ccc1-2. The van der Waals surface area contributed by atoms with Gasteiger partial charge in [-0.05, 0) is 28.8 Å². The average Bonchev–Trinajstić information content (AvgIpc) is 3.01. The van der Waals surface area contributed by atoms with E-state index in [0.29, 0.717) is 10.7 Å². The molecule has 0 saturated heterocycles. The lowest BCUT2D eigenvalue weighted by Gasteiger charge is -2.10. The van der Waals surface area contributed by atoms with E-state index in [2.05, 4.69) is 4.98 Å². The van der Waals surface area contributed by atoms with Crippen molar-refractivity contribution in [1.82, 2.24) is 4.98 Å². The van der Waals surface area contributed by atoms with Crippen LogP contribution in [0.2, 0.25) is 0 Å². The Kier molecular flexibility index (Phi) is 2.99. The lowest BCUT2D eigenvalue weighted by Crippen LogP contribution is -2.04. The highest BCUT2D eigenvalue weighted by molar-refractivity contribution is 7.15. The van der Waals surface area contributed by atoms with Gasteiger partial charge in [-0.15, -0.1) is 11.3 Å². The van der Waals surface area contributed by atoms with Gasteiger partial charge in [0.2, 0.25) is 0 Å². The molecule has 1 aliphatic carbocycles. The molecule has 3 aromatic rings. The first-order valence-electron chi connectivity index (χ1n) is 6.98. The van der Waals surface area contributed by atoms with Crippen LogP contribution in [0, 0.1) is 0 Å². The van der Waals surface area contributed by atoms with E-state index in [4.69, 9.17) is 5.73 Å². The standard InChI is InChI=1S/C17H11F3N2S/c18-17(19,20)12-3-1-2-9(7-12)10-4-5-13-11(6-10)8-14-15(13)22-16(21)23-14/h1-7H,8H2,(H2,21,22). The van der Waals surface area contributed by atoms with E-state index in [1.165, 1.54) is 23.5 Å². The predicted molar refractivity (Wildman–Crippen MR) is 85.2 cm³/mol. The topological polar surface area (TPSA) is 38.9 Å². The summed E-state index contributed by atoms with van der Waals surface area (Å²) < 4.78 is 38.6. The van der Waals surface area contributed by atoms with Gasteiger partial charge < -0.3 is 5.73 Å². The van der Waals surface area contributed by atoms with Crippen molar-refractivity contribution < 1.29 is 13.2 Å². The highest BCUT2D eigenvalue weighted by Gasteiger charge is 2.30. The van der Waals surface area contributed by atoms with E-state index in [1.807, 2.05) is 18.2 Å². The zero-order valence-electron chi connectivity index (χ0n) is 11.8. The maximum atomic E-state index is 12.9. The average molecular weight is 332 g/mol. The number of anilines is 1. The van der Waals surface area contributed by atoms with Gasteiger partial charge in [0.25, 0.3) is 0 Å². The van der Waals surface area contributed by atoms with Gasteiger partial charge in [-0.3, -0.25) is 0 Å². The number of fused-ring (bicyclic) bond motifs is 3. The van der Waals surface area contributed by atoms with Crippen molar-refractivity contribution in [3.8, 4) is 22.4 Å². The zero-order valence-corrected chi connectivity index (χ0v) is 12.6. The van der Waals surface area contributed by atoms with Crippen molar-refractivity contribution in [1.29, 1.82) is 0 Å². The Hall–Kier alpha value is -2.34. The van der Waals surface area contributed by atoms with Gasteiger partial charge >= 0.3 is 6.18 Å². The zero-order chi connectivity index (χ0) is 16.2. The van der Waals surface area contributed by atoms with E-state index < -0.39 is 11.7 Å². The molecule has 23 heavy (non-hydrogen) atoms. The second kappa shape index (κ2) is 4.83. The van der Waals surface area contributed by atoms with Gasteiger partial charge in [-0.25, -0.2) is 4.98 Å². The summed E-state index contributed by atoms with van der Waals surface area (Å²) in [5.41, 5.74) is 9.42. The maximum absolute atomic E-state index is 12.9. The summed E-state index contributed by atoms with van der Waals surface area (Å²) in [5.74, 6) is 0. The molecule has 116 valence electrons. The van der Waals surface area contributed by atoms with Crippen LogP contribution in [0.25, 0.3) is 22.4 Å². The number of nitrogen functional groups attached to an aromatic ring is 1. The van der Waals surface area contributed by atoms with Gasteiger partial charge in [0, 0.05) is 16.9 Å². The molecule has 6 heteroatoms. The number of halogens is 3. The Bertz CT molecular complexity index is 912. The fraction of sp³-hybridized carbons (Fsp3) is 0.118. The van der Waals surface area contributed by atoms with E-state index in [0.717, 1.165) is 39.7 Å². The van der Waals surface area contributed by atoms with Crippen LogP contribution < -0.4 is 5.73 Å². The summed E-state index contributed by atoms with van der Waals surface area (Å²) in [6.07, 6.45) is -3.61. The second-order valence-corrected chi connectivity index (χ2v) is 6.57. The number of aromatic nitrogens is 1. The first-order chi connectivity index (χ1) is 10.9. The van der Waals surface area contributed by atoms with Crippen molar-refractivity contribution in [2.24, 2.45) is 0 Å². The Labute approximate surface area is 134 Å². The Morgan fingerprint density at radius 1 is 1.04 bits per heavy atom. The molecule has 0 fully saturated rings. The van der Waals surface area contributed by atoms with Crippen molar-refractivity contribution in [2.45, 2.75) is 12.6 Å². The molecule has 1 heterocycles. The smallest absolute Gasteiger partial charge is 0.375 e. The van der Waals surface area contributed by atoms with Crippen molar-refractivity contribution >= 4 is 16.5 Å². The summed E-state index contributed by atoms with van der Waals surface area (Å²) in [4.78, 5) is 5.44. The summed E-state index contributed by atoms with van der Waals surface area (Å²) in [6, 6.07) is 11.1. The minimum Gasteiger partial charge on any atom is -0.375 e. The fourth-order valence-corrected chi connectivity index (χ4v) is 3.77. The van der Waals surface area contributed by atoms with E-state index in [-0.39, 0.29) is 0 Å². The number of nitrogens with two attached hydrogens (primary N) is 1. The number of thiazole rings is 1. The van der Waals surface area contributed by atoms with Crippen LogP contribution in [0.15, 0.2) is 42.5 Å². The molecule has 0 aliphatic heterocycles. The summed E-state index contributed by atoms with van der Waals surface area (Å²) >= 11 is 1.46.